The Balaban J connectivity index is 1.96. The molecule has 1 aliphatic rings. The molecule has 6 nitrogen and oxygen atoms in total. The van der Waals surface area contributed by atoms with E-state index >= 15 is 0 Å². The van der Waals surface area contributed by atoms with Crippen molar-refractivity contribution in [3.63, 3.8) is 0 Å². The van der Waals surface area contributed by atoms with Gasteiger partial charge in [-0.2, -0.15) is 0 Å². The Morgan fingerprint density at radius 3 is 2.59 bits per heavy atom. The fourth-order valence-corrected chi connectivity index (χ4v) is 2.68. The molecule has 0 bridgehead atoms. The fourth-order valence-electron chi connectivity index (χ4n) is 2.68. The number of benzene rings is 1. The van der Waals surface area contributed by atoms with Gasteiger partial charge in [0.25, 0.3) is 5.91 Å². The summed E-state index contributed by atoms with van der Waals surface area (Å²) < 4.78 is 10.8. The monoisotopic (exact) mass is 307 g/mol. The number of amides is 1. The van der Waals surface area contributed by atoms with E-state index in [1.807, 2.05) is 32.0 Å². The number of hydrogen-bond donors (Lipinski definition) is 2. The number of carboxylic acid groups (broad SMARTS) is 1. The zero-order chi connectivity index (χ0) is 16.2. The molecule has 1 fully saturated rings. The van der Waals surface area contributed by atoms with Crippen molar-refractivity contribution in [1.82, 2.24) is 5.32 Å². The predicted octanol–water partition coefficient (Wildman–Crippen LogP) is 1.43. The Morgan fingerprint density at radius 1 is 1.36 bits per heavy atom. The third-order valence-electron chi connectivity index (χ3n) is 3.75. The Labute approximate surface area is 129 Å². The van der Waals surface area contributed by atoms with Gasteiger partial charge in [0.15, 0.2) is 6.61 Å². The number of carbonyl (C=O) groups is 2. The number of para-hydroxylation sites is 1. The molecule has 2 N–H and O–H groups in total. The molecular formula is C16H21NO5. The summed E-state index contributed by atoms with van der Waals surface area (Å²) in [5, 5.41) is 11.8. The van der Waals surface area contributed by atoms with E-state index in [0.717, 1.165) is 11.1 Å². The second-order valence-corrected chi connectivity index (χ2v) is 5.71. The molecule has 1 aromatic carbocycles. The van der Waals surface area contributed by atoms with Crippen molar-refractivity contribution < 1.29 is 24.2 Å². The number of carboxylic acids is 1. The number of ether oxygens (including phenoxy) is 2. The first-order chi connectivity index (χ1) is 10.4. The van der Waals surface area contributed by atoms with E-state index < -0.39 is 11.5 Å². The van der Waals surface area contributed by atoms with E-state index in [1.54, 1.807) is 0 Å². The van der Waals surface area contributed by atoms with Gasteiger partial charge in [0.1, 0.15) is 5.75 Å². The summed E-state index contributed by atoms with van der Waals surface area (Å²) in [5.41, 5.74) is 1.09. The van der Waals surface area contributed by atoms with Gasteiger partial charge in [-0.3, -0.25) is 9.59 Å². The van der Waals surface area contributed by atoms with Gasteiger partial charge in [0, 0.05) is 6.61 Å². The first-order valence-corrected chi connectivity index (χ1v) is 7.21. The van der Waals surface area contributed by atoms with Crippen LogP contribution in [0.3, 0.4) is 0 Å². The molecule has 0 spiro atoms. The molecule has 1 unspecified atom stereocenters. The Hall–Kier alpha value is -2.08. The molecule has 0 radical (unpaired) electrons. The lowest BCUT2D eigenvalue weighted by atomic mass is 9.94. The molecule has 1 amide bonds. The molecule has 2 rings (SSSR count). The van der Waals surface area contributed by atoms with Crippen molar-refractivity contribution in [1.29, 1.82) is 0 Å². The molecule has 1 aromatic rings. The van der Waals surface area contributed by atoms with Crippen molar-refractivity contribution in [2.45, 2.75) is 32.2 Å². The molecule has 1 aliphatic heterocycles. The lowest BCUT2D eigenvalue weighted by molar-refractivity contribution is -0.139. The van der Waals surface area contributed by atoms with E-state index in [1.165, 1.54) is 0 Å². The summed E-state index contributed by atoms with van der Waals surface area (Å²) in [6.07, 6.45) is 0.344. The molecule has 0 aliphatic carbocycles. The van der Waals surface area contributed by atoms with Gasteiger partial charge >= 0.3 is 5.97 Å². The molecule has 0 saturated carbocycles. The Morgan fingerprint density at radius 2 is 2.05 bits per heavy atom. The van der Waals surface area contributed by atoms with Crippen LogP contribution in [0.15, 0.2) is 18.2 Å². The van der Waals surface area contributed by atoms with Gasteiger partial charge in [-0.05, 0) is 31.4 Å². The number of aryl methyl sites for hydroxylation is 2. The SMILES string of the molecule is Cc1cccc(C)c1OCC(=O)NC1(CC(=O)O)CCOC1. The largest absolute Gasteiger partial charge is 0.483 e. The minimum absolute atomic E-state index is 0.146. The van der Waals surface area contributed by atoms with Gasteiger partial charge < -0.3 is 19.9 Å². The summed E-state index contributed by atoms with van der Waals surface area (Å²) in [7, 11) is 0. The Bertz CT molecular complexity index is 543. The van der Waals surface area contributed by atoms with Crippen LogP contribution in [0.25, 0.3) is 0 Å². The van der Waals surface area contributed by atoms with Crippen molar-refractivity contribution in [3.05, 3.63) is 29.3 Å². The first kappa shape index (κ1) is 16.3. The first-order valence-electron chi connectivity index (χ1n) is 7.21. The van der Waals surface area contributed by atoms with E-state index in [4.69, 9.17) is 14.6 Å². The van der Waals surface area contributed by atoms with Gasteiger partial charge in [-0.15, -0.1) is 0 Å². The van der Waals surface area contributed by atoms with Gasteiger partial charge in [0.2, 0.25) is 0 Å². The van der Waals surface area contributed by atoms with Crippen LogP contribution in [0.5, 0.6) is 5.75 Å². The summed E-state index contributed by atoms with van der Waals surface area (Å²) in [4.78, 5) is 23.1. The van der Waals surface area contributed by atoms with Crippen LogP contribution in [0, 0.1) is 13.8 Å². The number of aliphatic carboxylic acids is 1. The third kappa shape index (κ3) is 3.98. The molecule has 1 atom stereocenters. The maximum absolute atomic E-state index is 12.1. The van der Waals surface area contributed by atoms with E-state index in [2.05, 4.69) is 5.32 Å². The van der Waals surface area contributed by atoms with Gasteiger partial charge in [0.05, 0.1) is 18.6 Å². The maximum Gasteiger partial charge on any atom is 0.305 e. The highest BCUT2D eigenvalue weighted by Crippen LogP contribution is 2.24. The number of hydrogen-bond acceptors (Lipinski definition) is 4. The van der Waals surface area contributed by atoms with E-state index in [-0.39, 0.29) is 25.5 Å². The van der Waals surface area contributed by atoms with Crippen LogP contribution in [0.2, 0.25) is 0 Å². The summed E-state index contributed by atoms with van der Waals surface area (Å²) in [6, 6.07) is 5.75. The van der Waals surface area contributed by atoms with Crippen LogP contribution < -0.4 is 10.1 Å². The van der Waals surface area contributed by atoms with Crippen LogP contribution in [-0.2, 0) is 14.3 Å². The Kier molecular flexibility index (Phi) is 5.03. The molecule has 120 valence electrons. The van der Waals surface area contributed by atoms with Crippen LogP contribution in [0.4, 0.5) is 0 Å². The highest BCUT2D eigenvalue weighted by Gasteiger charge is 2.38. The second-order valence-electron chi connectivity index (χ2n) is 5.71. The van der Waals surface area contributed by atoms with Crippen molar-refractivity contribution in [3.8, 4) is 5.75 Å². The molecular weight excluding hydrogens is 286 g/mol. The highest BCUT2D eigenvalue weighted by atomic mass is 16.5. The average molecular weight is 307 g/mol. The normalized spacial score (nSPS) is 20.6. The highest BCUT2D eigenvalue weighted by molar-refractivity contribution is 5.80. The molecule has 1 saturated heterocycles. The fraction of sp³-hybridized carbons (Fsp3) is 0.500. The molecule has 0 aromatic heterocycles. The van der Waals surface area contributed by atoms with Crippen molar-refractivity contribution in [2.24, 2.45) is 0 Å². The summed E-state index contributed by atoms with van der Waals surface area (Å²) in [5.74, 6) is -0.608. The molecule has 1 heterocycles. The van der Waals surface area contributed by atoms with E-state index in [0.29, 0.717) is 18.8 Å². The third-order valence-corrected chi connectivity index (χ3v) is 3.75. The smallest absolute Gasteiger partial charge is 0.305 e. The van der Waals surface area contributed by atoms with Crippen LogP contribution in [-0.4, -0.2) is 42.3 Å². The number of rotatable bonds is 6. The average Bonchev–Trinajstić information content (AvgIpc) is 2.85. The van der Waals surface area contributed by atoms with Gasteiger partial charge in [-0.1, -0.05) is 18.2 Å². The van der Waals surface area contributed by atoms with Gasteiger partial charge in [-0.25, -0.2) is 0 Å². The van der Waals surface area contributed by atoms with Crippen molar-refractivity contribution in [2.75, 3.05) is 19.8 Å². The molecule has 6 heteroatoms. The van der Waals surface area contributed by atoms with Crippen LogP contribution in [0.1, 0.15) is 24.0 Å². The minimum atomic E-state index is -0.957. The standard InChI is InChI=1S/C16H21NO5/c1-11-4-3-5-12(2)15(11)22-9-13(18)17-16(8-14(19)20)6-7-21-10-16/h3-5H,6-10H2,1-2H3,(H,17,18)(H,19,20). The quantitative estimate of drug-likeness (QED) is 0.830. The summed E-state index contributed by atoms with van der Waals surface area (Å²) in [6.45, 7) is 4.35. The zero-order valence-electron chi connectivity index (χ0n) is 12.8. The zero-order valence-corrected chi connectivity index (χ0v) is 12.8. The van der Waals surface area contributed by atoms with Crippen LogP contribution >= 0.6 is 0 Å². The topological polar surface area (TPSA) is 84.9 Å². The number of carbonyl (C=O) groups excluding carboxylic acids is 1. The number of nitrogens with one attached hydrogen (secondary N) is 1. The lowest BCUT2D eigenvalue weighted by Crippen LogP contribution is -2.51. The lowest BCUT2D eigenvalue weighted by Gasteiger charge is -2.27. The minimum Gasteiger partial charge on any atom is -0.483 e. The molecule has 22 heavy (non-hydrogen) atoms. The predicted molar refractivity (Wildman–Crippen MR) is 80.0 cm³/mol. The van der Waals surface area contributed by atoms with Crippen molar-refractivity contribution >= 4 is 11.9 Å². The second kappa shape index (κ2) is 6.79. The maximum atomic E-state index is 12.1. The van der Waals surface area contributed by atoms with E-state index in [9.17, 15) is 9.59 Å². The summed E-state index contributed by atoms with van der Waals surface area (Å²) >= 11 is 0.